The van der Waals surface area contributed by atoms with E-state index in [9.17, 15) is 24.5 Å². The first-order chi connectivity index (χ1) is 15.4. The maximum atomic E-state index is 13.2. The van der Waals surface area contributed by atoms with Gasteiger partial charge in [0.25, 0.3) is 11.2 Å². The number of nitrogens with one attached hydrogen (secondary N) is 1. The third kappa shape index (κ3) is 4.46. The highest BCUT2D eigenvalue weighted by Gasteiger charge is 2.19. The molecule has 3 aromatic rings. The molecule has 1 fully saturated rings. The second-order valence-corrected chi connectivity index (χ2v) is 8.07. The van der Waals surface area contributed by atoms with E-state index in [-0.39, 0.29) is 37.1 Å². The van der Waals surface area contributed by atoms with E-state index in [1.165, 1.54) is 16.7 Å². The quantitative estimate of drug-likeness (QED) is 0.451. The number of para-hydroxylation sites is 1. The number of nitro groups is 1. The first-order valence-electron chi connectivity index (χ1n) is 10.7. The molecule has 0 atom stereocenters. The predicted molar refractivity (Wildman–Crippen MR) is 120 cm³/mol. The summed E-state index contributed by atoms with van der Waals surface area (Å²) in [6, 6.07) is 13.0. The topological polar surface area (TPSA) is 116 Å². The van der Waals surface area contributed by atoms with Crippen molar-refractivity contribution in [3.8, 4) is 0 Å². The Labute approximate surface area is 183 Å². The fraction of sp³-hybridized carbons (Fsp3) is 0.348. The number of carbonyl (C=O) groups is 1. The van der Waals surface area contributed by atoms with Gasteiger partial charge in [0, 0.05) is 31.1 Å². The number of nitrogens with zero attached hydrogens (tertiary/aromatic N) is 3. The average molecular weight is 436 g/mol. The molecule has 1 aliphatic carbocycles. The Balaban J connectivity index is 1.67. The van der Waals surface area contributed by atoms with Gasteiger partial charge in [0.15, 0.2) is 0 Å². The number of hydrogen-bond acceptors (Lipinski definition) is 5. The minimum atomic E-state index is -0.547. The van der Waals surface area contributed by atoms with Gasteiger partial charge in [0.05, 0.1) is 22.4 Å². The van der Waals surface area contributed by atoms with Crippen molar-refractivity contribution in [2.45, 2.75) is 51.2 Å². The van der Waals surface area contributed by atoms with Crippen molar-refractivity contribution in [2.75, 3.05) is 0 Å². The number of benzene rings is 2. The van der Waals surface area contributed by atoms with E-state index >= 15 is 0 Å². The van der Waals surface area contributed by atoms with Crippen molar-refractivity contribution in [1.29, 1.82) is 0 Å². The summed E-state index contributed by atoms with van der Waals surface area (Å²) in [5.41, 5.74) is -0.0588. The number of hydrogen-bond donors (Lipinski definition) is 1. The number of nitro benzene ring substituents is 1. The molecule has 0 unspecified atom stereocenters. The summed E-state index contributed by atoms with van der Waals surface area (Å²) in [4.78, 5) is 49.2. The number of rotatable bonds is 7. The van der Waals surface area contributed by atoms with Crippen LogP contribution in [0.25, 0.3) is 10.9 Å². The van der Waals surface area contributed by atoms with E-state index in [1.54, 1.807) is 36.4 Å². The van der Waals surface area contributed by atoms with Crippen LogP contribution in [-0.2, 0) is 17.9 Å². The van der Waals surface area contributed by atoms with E-state index in [0.29, 0.717) is 16.5 Å². The number of non-ortho nitro benzene ring substituents is 1. The minimum absolute atomic E-state index is 0.0286. The van der Waals surface area contributed by atoms with E-state index in [1.807, 2.05) is 0 Å². The van der Waals surface area contributed by atoms with Gasteiger partial charge in [0.2, 0.25) is 5.91 Å². The van der Waals surface area contributed by atoms with Crippen LogP contribution in [0.15, 0.2) is 58.1 Å². The summed E-state index contributed by atoms with van der Waals surface area (Å²) in [5.74, 6) is -0.179. The van der Waals surface area contributed by atoms with Crippen molar-refractivity contribution in [3.63, 3.8) is 0 Å². The molecule has 1 amide bonds. The molecule has 0 radical (unpaired) electrons. The Morgan fingerprint density at radius 3 is 2.56 bits per heavy atom. The second kappa shape index (κ2) is 9.17. The van der Waals surface area contributed by atoms with Crippen molar-refractivity contribution in [1.82, 2.24) is 14.5 Å². The molecule has 1 heterocycles. The SMILES string of the molecule is O=C(CCn1c(=O)c2ccccc2n(Cc2cccc([N+](=O)[O-])c2)c1=O)NC1CCCC1. The molecule has 4 rings (SSSR count). The first kappa shape index (κ1) is 21.5. The zero-order valence-corrected chi connectivity index (χ0v) is 17.5. The summed E-state index contributed by atoms with van der Waals surface area (Å²) in [6.45, 7) is 0.0333. The largest absolute Gasteiger partial charge is 0.353 e. The summed E-state index contributed by atoms with van der Waals surface area (Å²) >= 11 is 0. The van der Waals surface area contributed by atoms with Gasteiger partial charge in [0.1, 0.15) is 0 Å². The zero-order valence-electron chi connectivity index (χ0n) is 17.5. The molecule has 2 aromatic carbocycles. The lowest BCUT2D eigenvalue weighted by molar-refractivity contribution is -0.384. The smallest absolute Gasteiger partial charge is 0.331 e. The zero-order chi connectivity index (χ0) is 22.7. The van der Waals surface area contributed by atoms with Crippen LogP contribution in [0.5, 0.6) is 0 Å². The molecular weight excluding hydrogens is 412 g/mol. The molecule has 1 aliphatic rings. The van der Waals surface area contributed by atoms with Crippen LogP contribution < -0.4 is 16.6 Å². The fourth-order valence-corrected chi connectivity index (χ4v) is 4.26. The fourth-order valence-electron chi connectivity index (χ4n) is 4.26. The van der Waals surface area contributed by atoms with Crippen LogP contribution in [0, 0.1) is 10.1 Å². The highest BCUT2D eigenvalue weighted by molar-refractivity contribution is 5.78. The maximum Gasteiger partial charge on any atom is 0.331 e. The third-order valence-corrected chi connectivity index (χ3v) is 5.88. The van der Waals surface area contributed by atoms with Gasteiger partial charge in [-0.05, 0) is 30.5 Å². The van der Waals surface area contributed by atoms with Gasteiger partial charge in [-0.25, -0.2) is 4.79 Å². The molecule has 0 aliphatic heterocycles. The molecule has 0 spiro atoms. The molecule has 9 heteroatoms. The highest BCUT2D eigenvalue weighted by atomic mass is 16.6. The molecular formula is C23H24N4O5. The standard InChI is InChI=1S/C23H24N4O5/c28-21(24-17-7-1-2-8-17)12-13-25-22(29)19-10-3-4-11-20(19)26(23(25)30)15-16-6-5-9-18(14-16)27(31)32/h3-6,9-11,14,17H,1-2,7-8,12-13,15H2,(H,24,28). The molecule has 32 heavy (non-hydrogen) atoms. The molecule has 1 aromatic heterocycles. The normalized spacial score (nSPS) is 14.0. The number of carbonyl (C=O) groups excluding carboxylic acids is 1. The van der Waals surface area contributed by atoms with Gasteiger partial charge in [-0.2, -0.15) is 0 Å². The number of aromatic nitrogens is 2. The maximum absolute atomic E-state index is 13.2. The Hall–Kier alpha value is -3.75. The number of amides is 1. The summed E-state index contributed by atoms with van der Waals surface area (Å²) in [5, 5.41) is 14.4. The second-order valence-electron chi connectivity index (χ2n) is 8.07. The minimum Gasteiger partial charge on any atom is -0.353 e. The predicted octanol–water partition coefficient (Wildman–Crippen LogP) is 2.57. The Morgan fingerprint density at radius 1 is 1.06 bits per heavy atom. The van der Waals surface area contributed by atoms with E-state index in [4.69, 9.17) is 0 Å². The molecule has 0 saturated heterocycles. The Bertz CT molecular complexity index is 1290. The van der Waals surface area contributed by atoms with Crippen molar-refractivity contribution >= 4 is 22.5 Å². The average Bonchev–Trinajstić information content (AvgIpc) is 3.29. The van der Waals surface area contributed by atoms with Crippen molar-refractivity contribution in [2.24, 2.45) is 0 Å². The van der Waals surface area contributed by atoms with E-state index in [0.717, 1.165) is 30.3 Å². The molecule has 0 bridgehead atoms. The lowest BCUT2D eigenvalue weighted by Gasteiger charge is -2.15. The Morgan fingerprint density at radius 2 is 1.81 bits per heavy atom. The monoisotopic (exact) mass is 436 g/mol. The van der Waals surface area contributed by atoms with Crippen LogP contribution in [0.3, 0.4) is 0 Å². The summed E-state index contributed by atoms with van der Waals surface area (Å²) in [6.07, 6.45) is 4.13. The molecule has 166 valence electrons. The van der Waals surface area contributed by atoms with Crippen molar-refractivity contribution < 1.29 is 9.72 Å². The van der Waals surface area contributed by atoms with Gasteiger partial charge in [-0.15, -0.1) is 0 Å². The summed E-state index contributed by atoms with van der Waals surface area (Å²) in [7, 11) is 0. The van der Waals surface area contributed by atoms with Crippen LogP contribution in [0.4, 0.5) is 5.69 Å². The van der Waals surface area contributed by atoms with Gasteiger partial charge in [-0.1, -0.05) is 37.1 Å². The first-order valence-corrected chi connectivity index (χ1v) is 10.7. The van der Waals surface area contributed by atoms with Gasteiger partial charge >= 0.3 is 5.69 Å². The van der Waals surface area contributed by atoms with Gasteiger partial charge < -0.3 is 5.32 Å². The van der Waals surface area contributed by atoms with Crippen LogP contribution >= 0.6 is 0 Å². The van der Waals surface area contributed by atoms with E-state index < -0.39 is 16.2 Å². The van der Waals surface area contributed by atoms with Crippen LogP contribution in [-0.4, -0.2) is 26.0 Å². The van der Waals surface area contributed by atoms with Crippen LogP contribution in [0.1, 0.15) is 37.7 Å². The summed E-state index contributed by atoms with van der Waals surface area (Å²) < 4.78 is 2.50. The lowest BCUT2D eigenvalue weighted by atomic mass is 10.2. The molecule has 1 N–H and O–H groups in total. The molecule has 1 saturated carbocycles. The Kier molecular flexibility index (Phi) is 6.16. The molecule has 9 nitrogen and oxygen atoms in total. The third-order valence-electron chi connectivity index (χ3n) is 5.88. The lowest BCUT2D eigenvalue weighted by Crippen LogP contribution is -2.42. The van der Waals surface area contributed by atoms with Crippen LogP contribution in [0.2, 0.25) is 0 Å². The van der Waals surface area contributed by atoms with Crippen molar-refractivity contribution in [3.05, 3.63) is 85.0 Å². The van der Waals surface area contributed by atoms with E-state index in [2.05, 4.69) is 5.32 Å². The highest BCUT2D eigenvalue weighted by Crippen LogP contribution is 2.18. The number of fused-ring (bicyclic) bond motifs is 1. The van der Waals surface area contributed by atoms with Gasteiger partial charge in [-0.3, -0.25) is 28.8 Å².